The van der Waals surface area contributed by atoms with Gasteiger partial charge in [0.2, 0.25) is 0 Å². The summed E-state index contributed by atoms with van der Waals surface area (Å²) in [6, 6.07) is 4.00. The molecule has 102 valence electrons. The largest absolute Gasteiger partial charge is 0.397 e. The molecule has 1 saturated heterocycles. The number of aromatic nitrogens is 2. The van der Waals surface area contributed by atoms with Crippen molar-refractivity contribution >= 4 is 22.3 Å². The van der Waals surface area contributed by atoms with Crippen molar-refractivity contribution in [3.8, 4) is 0 Å². The number of fused-ring (bicyclic) bond motifs is 1. The number of nitrogens with zero attached hydrogens (tertiary/aromatic N) is 2. The zero-order valence-corrected chi connectivity index (χ0v) is 11.2. The van der Waals surface area contributed by atoms with E-state index in [2.05, 4.69) is 20.4 Å². The van der Waals surface area contributed by atoms with Crippen molar-refractivity contribution in [2.75, 3.05) is 37.2 Å². The molecule has 0 radical (unpaired) electrons. The molecule has 0 unspecified atom stereocenters. The molecule has 0 atom stereocenters. The van der Waals surface area contributed by atoms with E-state index in [1.165, 1.54) is 32.4 Å². The van der Waals surface area contributed by atoms with Gasteiger partial charge in [-0.25, -0.2) is 0 Å². The van der Waals surface area contributed by atoms with Gasteiger partial charge in [-0.05, 0) is 38.1 Å². The zero-order valence-electron chi connectivity index (χ0n) is 11.2. The quantitative estimate of drug-likeness (QED) is 0.735. The molecule has 3 rings (SSSR count). The van der Waals surface area contributed by atoms with Crippen LogP contribution in [0.2, 0.25) is 0 Å². The van der Waals surface area contributed by atoms with Gasteiger partial charge >= 0.3 is 0 Å². The summed E-state index contributed by atoms with van der Waals surface area (Å²) in [6.07, 6.45) is 5.85. The van der Waals surface area contributed by atoms with E-state index in [0.29, 0.717) is 0 Å². The zero-order chi connectivity index (χ0) is 13.1. The van der Waals surface area contributed by atoms with Crippen molar-refractivity contribution < 1.29 is 0 Å². The SMILES string of the molecule is Nc1cc2cn[nH]c2cc1NCCN1CCCCC1. The van der Waals surface area contributed by atoms with E-state index in [9.17, 15) is 0 Å². The lowest BCUT2D eigenvalue weighted by molar-refractivity contribution is 0.237. The second-order valence-corrected chi connectivity index (χ2v) is 5.23. The van der Waals surface area contributed by atoms with Crippen LogP contribution in [0.25, 0.3) is 10.9 Å². The first-order chi connectivity index (χ1) is 9.33. The molecule has 1 fully saturated rings. The summed E-state index contributed by atoms with van der Waals surface area (Å²) in [5.74, 6) is 0. The maximum Gasteiger partial charge on any atom is 0.0672 e. The van der Waals surface area contributed by atoms with E-state index in [-0.39, 0.29) is 0 Å². The molecule has 0 bridgehead atoms. The molecule has 2 heterocycles. The fourth-order valence-electron chi connectivity index (χ4n) is 2.69. The summed E-state index contributed by atoms with van der Waals surface area (Å²) >= 11 is 0. The second kappa shape index (κ2) is 5.48. The number of hydrogen-bond donors (Lipinski definition) is 3. The summed E-state index contributed by atoms with van der Waals surface area (Å²) in [5.41, 5.74) is 8.85. The molecule has 0 saturated carbocycles. The van der Waals surface area contributed by atoms with Crippen molar-refractivity contribution in [2.45, 2.75) is 19.3 Å². The minimum absolute atomic E-state index is 0.785. The third-order valence-electron chi connectivity index (χ3n) is 3.80. The average molecular weight is 259 g/mol. The van der Waals surface area contributed by atoms with Crippen molar-refractivity contribution in [1.29, 1.82) is 0 Å². The molecule has 5 heteroatoms. The van der Waals surface area contributed by atoms with Crippen LogP contribution in [0.15, 0.2) is 18.3 Å². The van der Waals surface area contributed by atoms with E-state index in [0.717, 1.165) is 35.4 Å². The molecule has 2 aromatic rings. The Balaban J connectivity index is 1.59. The highest BCUT2D eigenvalue weighted by Gasteiger charge is 2.09. The van der Waals surface area contributed by atoms with Crippen molar-refractivity contribution in [3.63, 3.8) is 0 Å². The number of rotatable bonds is 4. The highest BCUT2D eigenvalue weighted by atomic mass is 15.1. The van der Waals surface area contributed by atoms with Gasteiger partial charge in [-0.2, -0.15) is 5.10 Å². The number of benzene rings is 1. The first-order valence-corrected chi connectivity index (χ1v) is 7.02. The molecule has 5 nitrogen and oxygen atoms in total. The number of piperidine rings is 1. The molecule has 1 aromatic heterocycles. The molecular formula is C14H21N5. The van der Waals surface area contributed by atoms with E-state index in [1.807, 2.05) is 12.1 Å². The number of hydrogen-bond acceptors (Lipinski definition) is 4. The summed E-state index contributed by atoms with van der Waals surface area (Å²) in [7, 11) is 0. The maximum atomic E-state index is 6.05. The minimum Gasteiger partial charge on any atom is -0.397 e. The first kappa shape index (κ1) is 12.3. The standard InChI is InChI=1S/C14H21N5/c15-12-8-11-10-17-18-13(11)9-14(12)16-4-7-19-5-2-1-3-6-19/h8-10,16H,1-7,15H2,(H,17,18). The number of anilines is 2. The van der Waals surface area contributed by atoms with Gasteiger partial charge in [0, 0.05) is 18.5 Å². The van der Waals surface area contributed by atoms with Crippen LogP contribution in [-0.2, 0) is 0 Å². The van der Waals surface area contributed by atoms with Gasteiger partial charge in [-0.15, -0.1) is 0 Å². The third-order valence-corrected chi connectivity index (χ3v) is 3.80. The predicted molar refractivity (Wildman–Crippen MR) is 79.3 cm³/mol. The van der Waals surface area contributed by atoms with Crippen LogP contribution in [0.3, 0.4) is 0 Å². The molecule has 0 spiro atoms. The highest BCUT2D eigenvalue weighted by molar-refractivity contribution is 5.88. The Morgan fingerprint density at radius 1 is 1.26 bits per heavy atom. The van der Waals surface area contributed by atoms with Gasteiger partial charge < -0.3 is 16.0 Å². The van der Waals surface area contributed by atoms with E-state index >= 15 is 0 Å². The monoisotopic (exact) mass is 259 g/mol. The van der Waals surface area contributed by atoms with Crippen LogP contribution in [0.5, 0.6) is 0 Å². The minimum atomic E-state index is 0.785. The molecule has 1 aromatic carbocycles. The maximum absolute atomic E-state index is 6.05. The number of aromatic amines is 1. The predicted octanol–water partition coefficient (Wildman–Crippen LogP) is 2.04. The normalized spacial score (nSPS) is 16.8. The summed E-state index contributed by atoms with van der Waals surface area (Å²) < 4.78 is 0. The van der Waals surface area contributed by atoms with Crippen molar-refractivity contribution in [2.24, 2.45) is 0 Å². The molecule has 4 N–H and O–H groups in total. The Bertz CT molecular complexity index is 542. The molecule has 1 aliphatic heterocycles. The van der Waals surface area contributed by atoms with Crippen LogP contribution in [-0.4, -0.2) is 41.3 Å². The lowest BCUT2D eigenvalue weighted by Crippen LogP contribution is -2.33. The van der Waals surface area contributed by atoms with Gasteiger partial charge in [0.05, 0.1) is 23.1 Å². The summed E-state index contributed by atoms with van der Waals surface area (Å²) in [6.45, 7) is 4.48. The highest BCUT2D eigenvalue weighted by Crippen LogP contribution is 2.24. The third kappa shape index (κ3) is 2.81. The summed E-state index contributed by atoms with van der Waals surface area (Å²) in [4.78, 5) is 2.52. The van der Waals surface area contributed by atoms with Crippen LogP contribution < -0.4 is 11.1 Å². The van der Waals surface area contributed by atoms with E-state index < -0.39 is 0 Å². The van der Waals surface area contributed by atoms with Crippen LogP contribution in [0, 0.1) is 0 Å². The number of H-pyrrole nitrogens is 1. The van der Waals surface area contributed by atoms with Gasteiger partial charge in [0.25, 0.3) is 0 Å². The second-order valence-electron chi connectivity index (χ2n) is 5.23. The Hall–Kier alpha value is -1.75. The van der Waals surface area contributed by atoms with Gasteiger partial charge in [0.1, 0.15) is 0 Å². The van der Waals surface area contributed by atoms with Gasteiger partial charge in [-0.1, -0.05) is 6.42 Å². The Morgan fingerprint density at radius 2 is 2.11 bits per heavy atom. The fourth-order valence-corrected chi connectivity index (χ4v) is 2.69. The number of nitrogen functional groups attached to an aromatic ring is 1. The molecule has 19 heavy (non-hydrogen) atoms. The lowest BCUT2D eigenvalue weighted by Gasteiger charge is -2.26. The average Bonchev–Trinajstić information content (AvgIpc) is 2.87. The van der Waals surface area contributed by atoms with Crippen molar-refractivity contribution in [3.05, 3.63) is 18.3 Å². The Kier molecular flexibility index (Phi) is 3.55. The van der Waals surface area contributed by atoms with Gasteiger partial charge in [0.15, 0.2) is 0 Å². The Morgan fingerprint density at radius 3 is 2.95 bits per heavy atom. The van der Waals surface area contributed by atoms with E-state index in [1.54, 1.807) is 6.20 Å². The van der Waals surface area contributed by atoms with Crippen LogP contribution in [0.1, 0.15) is 19.3 Å². The number of likely N-dealkylation sites (tertiary alicyclic amines) is 1. The molecular weight excluding hydrogens is 238 g/mol. The Labute approximate surface area is 113 Å². The number of nitrogens with two attached hydrogens (primary N) is 1. The van der Waals surface area contributed by atoms with Gasteiger partial charge in [-0.3, -0.25) is 5.10 Å². The van der Waals surface area contributed by atoms with E-state index in [4.69, 9.17) is 5.73 Å². The van der Waals surface area contributed by atoms with Crippen LogP contribution in [0.4, 0.5) is 11.4 Å². The molecule has 0 amide bonds. The summed E-state index contributed by atoms with van der Waals surface area (Å²) in [5, 5.41) is 11.5. The van der Waals surface area contributed by atoms with Crippen LogP contribution >= 0.6 is 0 Å². The lowest BCUT2D eigenvalue weighted by atomic mass is 10.1. The van der Waals surface area contributed by atoms with Crippen molar-refractivity contribution in [1.82, 2.24) is 15.1 Å². The molecule has 0 aliphatic carbocycles. The smallest absolute Gasteiger partial charge is 0.0672 e. The molecule has 1 aliphatic rings. The topological polar surface area (TPSA) is 70.0 Å². The number of nitrogens with one attached hydrogen (secondary N) is 2. The fraction of sp³-hybridized carbons (Fsp3) is 0.500. The first-order valence-electron chi connectivity index (χ1n) is 7.02.